The zero-order valence-electron chi connectivity index (χ0n) is 10.2. The molecule has 0 fully saturated rings. The van der Waals surface area contributed by atoms with E-state index in [1.165, 1.54) is 0 Å². The van der Waals surface area contributed by atoms with Gasteiger partial charge in [-0.25, -0.2) is 0 Å². The second-order valence-corrected chi connectivity index (χ2v) is 4.78. The highest BCUT2D eigenvalue weighted by atomic mass is 31.2. The fraction of sp³-hybridized carbons (Fsp3) is 1.00. The lowest BCUT2D eigenvalue weighted by molar-refractivity contribution is 0.0295. The van der Waals surface area contributed by atoms with Crippen LogP contribution < -0.4 is 0 Å². The van der Waals surface area contributed by atoms with Crippen molar-refractivity contribution < 1.29 is 14.3 Å². The summed E-state index contributed by atoms with van der Waals surface area (Å²) in [7, 11) is -2.23. The molecular formula is C11H25O3P. The van der Waals surface area contributed by atoms with Crippen molar-refractivity contribution in [1.29, 1.82) is 0 Å². The molecule has 4 heteroatoms. The van der Waals surface area contributed by atoms with Gasteiger partial charge in [0.25, 0.3) is 0 Å². The highest BCUT2D eigenvalue weighted by Gasteiger charge is 2.30. The Hall–Kier alpha value is 0.310. The Labute approximate surface area is 94.9 Å². The predicted octanol–water partition coefficient (Wildman–Crippen LogP) is 3.74. The fourth-order valence-corrected chi connectivity index (χ4v) is 2.46. The van der Waals surface area contributed by atoms with Crippen LogP contribution in [-0.2, 0) is 4.52 Å². The molecule has 0 aliphatic carbocycles. The summed E-state index contributed by atoms with van der Waals surface area (Å²) in [5.74, 6) is 0. The summed E-state index contributed by atoms with van der Waals surface area (Å²) in [6.07, 6.45) is 7.12. The summed E-state index contributed by atoms with van der Waals surface area (Å²) in [5.41, 5.74) is -0.304. The van der Waals surface area contributed by atoms with Crippen molar-refractivity contribution in [2.75, 3.05) is 0 Å². The van der Waals surface area contributed by atoms with Crippen molar-refractivity contribution in [2.45, 2.75) is 71.3 Å². The molecule has 0 saturated heterocycles. The fourth-order valence-electron chi connectivity index (χ4n) is 1.81. The van der Waals surface area contributed by atoms with Crippen LogP contribution in [0.5, 0.6) is 0 Å². The molecular weight excluding hydrogens is 211 g/mol. The van der Waals surface area contributed by atoms with Crippen LogP contribution in [0.1, 0.15) is 65.7 Å². The van der Waals surface area contributed by atoms with Crippen LogP contribution in [-0.4, -0.2) is 15.4 Å². The number of hydrogen-bond donors (Lipinski definition) is 2. The Bertz CT molecular complexity index is 143. The van der Waals surface area contributed by atoms with E-state index in [4.69, 9.17) is 14.3 Å². The minimum atomic E-state index is -2.23. The van der Waals surface area contributed by atoms with Gasteiger partial charge in [-0.2, -0.15) is 0 Å². The van der Waals surface area contributed by atoms with Crippen molar-refractivity contribution in [3.8, 4) is 0 Å². The summed E-state index contributed by atoms with van der Waals surface area (Å²) in [5, 5.41) is 0. The maximum absolute atomic E-state index is 9.02. The molecule has 0 aliphatic heterocycles. The molecule has 0 aromatic rings. The smallest absolute Gasteiger partial charge is 0.327 e. The van der Waals surface area contributed by atoms with Crippen LogP contribution in [0.25, 0.3) is 0 Å². The molecule has 0 amide bonds. The molecule has 0 aromatic heterocycles. The van der Waals surface area contributed by atoms with Crippen LogP contribution in [0.2, 0.25) is 0 Å². The van der Waals surface area contributed by atoms with Crippen LogP contribution in [0.4, 0.5) is 0 Å². The Morgan fingerprint density at radius 3 is 1.73 bits per heavy atom. The minimum Gasteiger partial charge on any atom is -0.328 e. The summed E-state index contributed by atoms with van der Waals surface area (Å²) in [6, 6.07) is 0. The van der Waals surface area contributed by atoms with Gasteiger partial charge in [0, 0.05) is 0 Å². The maximum atomic E-state index is 9.02. The van der Waals surface area contributed by atoms with Gasteiger partial charge in [0.2, 0.25) is 0 Å². The van der Waals surface area contributed by atoms with E-state index >= 15 is 0 Å². The van der Waals surface area contributed by atoms with Gasteiger partial charge in [-0.3, -0.25) is 0 Å². The van der Waals surface area contributed by atoms with E-state index in [1.54, 1.807) is 0 Å². The van der Waals surface area contributed by atoms with Crippen molar-refractivity contribution in [3.63, 3.8) is 0 Å². The molecule has 0 unspecified atom stereocenters. The monoisotopic (exact) mass is 236 g/mol. The average molecular weight is 236 g/mol. The van der Waals surface area contributed by atoms with E-state index in [2.05, 4.69) is 20.8 Å². The van der Waals surface area contributed by atoms with Gasteiger partial charge in [-0.15, -0.1) is 0 Å². The number of hydrogen-bond acceptors (Lipinski definition) is 3. The van der Waals surface area contributed by atoms with Gasteiger partial charge in [0.05, 0.1) is 5.60 Å². The van der Waals surface area contributed by atoms with Gasteiger partial charge in [0.1, 0.15) is 0 Å². The van der Waals surface area contributed by atoms with E-state index in [9.17, 15) is 0 Å². The van der Waals surface area contributed by atoms with Gasteiger partial charge in [-0.05, 0) is 19.3 Å². The highest BCUT2D eigenvalue weighted by Crippen LogP contribution is 2.40. The molecule has 0 spiro atoms. The van der Waals surface area contributed by atoms with Gasteiger partial charge in [-0.1, -0.05) is 46.5 Å². The molecule has 0 aliphatic rings. The number of unbranched alkanes of at least 4 members (excludes halogenated alkanes) is 2. The van der Waals surface area contributed by atoms with E-state index in [0.29, 0.717) is 0 Å². The molecule has 0 aromatic carbocycles. The van der Waals surface area contributed by atoms with Crippen LogP contribution >= 0.6 is 8.60 Å². The lowest BCUT2D eigenvalue weighted by Crippen LogP contribution is -2.30. The zero-order valence-corrected chi connectivity index (χ0v) is 11.1. The van der Waals surface area contributed by atoms with E-state index < -0.39 is 8.60 Å². The second-order valence-electron chi connectivity index (χ2n) is 4.09. The second kappa shape index (κ2) is 8.46. The lowest BCUT2D eigenvalue weighted by atomic mass is 9.88. The molecule has 0 saturated carbocycles. The molecule has 0 radical (unpaired) electrons. The third-order valence-electron chi connectivity index (χ3n) is 2.89. The molecule has 15 heavy (non-hydrogen) atoms. The summed E-state index contributed by atoms with van der Waals surface area (Å²) in [4.78, 5) is 18.0. The molecule has 0 bridgehead atoms. The standard InChI is InChI=1S/C11H25O3P/c1-4-7-9-11(6-3,10-8-5-2)14-15(12)13/h12-13H,4-10H2,1-3H3. The van der Waals surface area contributed by atoms with Crippen LogP contribution in [0.15, 0.2) is 0 Å². The molecule has 0 heterocycles. The van der Waals surface area contributed by atoms with Crippen molar-refractivity contribution >= 4 is 8.60 Å². The third kappa shape index (κ3) is 6.47. The Morgan fingerprint density at radius 1 is 1.00 bits per heavy atom. The van der Waals surface area contributed by atoms with Crippen LogP contribution in [0, 0.1) is 0 Å². The van der Waals surface area contributed by atoms with E-state index in [-0.39, 0.29) is 5.60 Å². The first-order valence-corrected chi connectivity index (χ1v) is 7.13. The predicted molar refractivity (Wildman–Crippen MR) is 64.5 cm³/mol. The minimum absolute atomic E-state index is 0.304. The Kier molecular flexibility index (Phi) is 8.64. The van der Waals surface area contributed by atoms with E-state index in [0.717, 1.165) is 44.9 Å². The third-order valence-corrected chi connectivity index (χ3v) is 3.44. The maximum Gasteiger partial charge on any atom is 0.327 e. The molecule has 0 atom stereocenters. The van der Waals surface area contributed by atoms with Crippen molar-refractivity contribution in [1.82, 2.24) is 0 Å². The normalized spacial score (nSPS) is 12.4. The van der Waals surface area contributed by atoms with Gasteiger partial charge in [0.15, 0.2) is 0 Å². The molecule has 0 rings (SSSR count). The largest absolute Gasteiger partial charge is 0.328 e. The molecule has 92 valence electrons. The van der Waals surface area contributed by atoms with Crippen molar-refractivity contribution in [2.24, 2.45) is 0 Å². The topological polar surface area (TPSA) is 49.7 Å². The summed E-state index contributed by atoms with van der Waals surface area (Å²) >= 11 is 0. The molecule has 2 N–H and O–H groups in total. The summed E-state index contributed by atoms with van der Waals surface area (Å²) in [6.45, 7) is 6.34. The van der Waals surface area contributed by atoms with Crippen LogP contribution in [0.3, 0.4) is 0 Å². The average Bonchev–Trinajstić information content (AvgIpc) is 2.22. The Balaban J connectivity index is 4.30. The highest BCUT2D eigenvalue weighted by molar-refractivity contribution is 7.39. The number of rotatable bonds is 9. The molecule has 3 nitrogen and oxygen atoms in total. The first kappa shape index (κ1) is 15.3. The first-order valence-electron chi connectivity index (χ1n) is 5.97. The lowest BCUT2D eigenvalue weighted by Gasteiger charge is -2.33. The quantitative estimate of drug-likeness (QED) is 0.599. The van der Waals surface area contributed by atoms with Crippen molar-refractivity contribution in [3.05, 3.63) is 0 Å². The zero-order chi connectivity index (χ0) is 11.7. The Morgan fingerprint density at radius 2 is 1.47 bits per heavy atom. The van der Waals surface area contributed by atoms with Gasteiger partial charge < -0.3 is 14.3 Å². The SMILES string of the molecule is CCCCC(CC)(CCCC)OP(O)O. The van der Waals surface area contributed by atoms with Gasteiger partial charge >= 0.3 is 8.60 Å². The first-order chi connectivity index (χ1) is 7.10. The van der Waals surface area contributed by atoms with E-state index in [1.807, 2.05) is 0 Å². The summed E-state index contributed by atoms with van der Waals surface area (Å²) < 4.78 is 5.37.